The average Bonchev–Trinajstić information content (AvgIpc) is 3.24. The Morgan fingerprint density at radius 2 is 2.17 bits per heavy atom. The molecule has 9 heteroatoms. The van der Waals surface area contributed by atoms with E-state index in [4.69, 9.17) is 9.47 Å². The lowest BCUT2D eigenvalue weighted by molar-refractivity contribution is -0.154. The third-order valence-corrected chi connectivity index (χ3v) is 7.11. The van der Waals surface area contributed by atoms with Gasteiger partial charge in [-0.15, -0.1) is 0 Å². The van der Waals surface area contributed by atoms with Crippen LogP contribution in [0.4, 0.5) is 0 Å². The van der Waals surface area contributed by atoms with E-state index in [1.54, 1.807) is 6.92 Å². The molecule has 8 nitrogen and oxygen atoms in total. The molecule has 3 saturated heterocycles. The molecule has 2 bridgehead atoms. The van der Waals surface area contributed by atoms with Crippen molar-refractivity contribution in [1.29, 1.82) is 0 Å². The summed E-state index contributed by atoms with van der Waals surface area (Å²) in [5.74, 6) is -2.45. The summed E-state index contributed by atoms with van der Waals surface area (Å²) in [4.78, 5) is 40.8. The lowest BCUT2D eigenvalue weighted by Crippen LogP contribution is -2.57. The minimum atomic E-state index is -1.06. The van der Waals surface area contributed by atoms with Crippen molar-refractivity contribution in [2.45, 2.75) is 75.1 Å². The Kier molecular flexibility index (Phi) is 6.90. The van der Waals surface area contributed by atoms with Crippen LogP contribution in [0.15, 0.2) is 0 Å². The minimum absolute atomic E-state index is 0.0306. The molecule has 0 radical (unpaired) electrons. The molecular weight excluding hydrogens is 444 g/mol. The Labute approximate surface area is 179 Å². The highest BCUT2D eigenvalue weighted by Gasteiger charge is 2.76. The summed E-state index contributed by atoms with van der Waals surface area (Å²) < 4.78 is 11.5. The first-order valence-corrected chi connectivity index (χ1v) is 11.4. The van der Waals surface area contributed by atoms with Gasteiger partial charge in [-0.3, -0.25) is 14.4 Å². The van der Waals surface area contributed by atoms with Crippen LogP contribution in [-0.2, 0) is 23.9 Å². The molecule has 3 aliphatic heterocycles. The monoisotopic (exact) mass is 474 g/mol. The van der Waals surface area contributed by atoms with Crippen molar-refractivity contribution >= 4 is 33.7 Å². The molecule has 3 rings (SSSR count). The number of halogens is 1. The number of rotatable bonds is 9. The standard InChI is InChI=1S/C20H31BrN2O6/c1-4-7-11(3)22-17(25)16-20-10-12(21)15(29-20)13(19(27)28-5-2)14(20)18(26)23(16)8-6-9-24/h11-16,24H,4-10H2,1-3H3,(H,22,25)/t11?,12?,13-,14+,15-,16-,20+/m1/s1. The molecular formula is C20H31BrN2O6. The molecule has 29 heavy (non-hydrogen) atoms. The lowest BCUT2D eigenvalue weighted by Gasteiger charge is -2.34. The normalized spacial score (nSPS) is 36.2. The van der Waals surface area contributed by atoms with Crippen molar-refractivity contribution < 1.29 is 29.0 Å². The number of ether oxygens (including phenoxy) is 2. The topological polar surface area (TPSA) is 105 Å². The van der Waals surface area contributed by atoms with Gasteiger partial charge in [0.25, 0.3) is 0 Å². The van der Waals surface area contributed by atoms with Gasteiger partial charge in [-0.25, -0.2) is 0 Å². The van der Waals surface area contributed by atoms with Gasteiger partial charge in [0.1, 0.15) is 11.6 Å². The van der Waals surface area contributed by atoms with Gasteiger partial charge < -0.3 is 24.8 Å². The predicted molar refractivity (Wildman–Crippen MR) is 108 cm³/mol. The van der Waals surface area contributed by atoms with Gasteiger partial charge in [-0.05, 0) is 33.1 Å². The summed E-state index contributed by atoms with van der Waals surface area (Å²) in [6, 6.07) is -0.854. The number of amides is 2. The van der Waals surface area contributed by atoms with E-state index < -0.39 is 35.6 Å². The SMILES string of the molecule is CCCC(C)NC(=O)[C@H]1N(CCCO)C(=O)[C@@H]2[C@@H](C(=O)OCC)[C@@H]3O[C@@]21CC3Br. The highest BCUT2D eigenvalue weighted by Crippen LogP contribution is 2.60. The quantitative estimate of drug-likeness (QED) is 0.381. The third kappa shape index (κ3) is 3.70. The van der Waals surface area contributed by atoms with Crippen LogP contribution < -0.4 is 5.32 Å². The number of carbonyl (C=O) groups is 3. The Bertz CT molecular complexity index is 661. The second kappa shape index (κ2) is 8.89. The van der Waals surface area contributed by atoms with E-state index in [-0.39, 0.29) is 42.4 Å². The number of likely N-dealkylation sites (tertiary alicyclic amines) is 1. The van der Waals surface area contributed by atoms with Gasteiger partial charge in [0.2, 0.25) is 11.8 Å². The number of carbonyl (C=O) groups excluding carboxylic acids is 3. The van der Waals surface area contributed by atoms with Crippen molar-refractivity contribution in [1.82, 2.24) is 10.2 Å². The van der Waals surface area contributed by atoms with Gasteiger partial charge >= 0.3 is 5.97 Å². The number of esters is 1. The fraction of sp³-hybridized carbons (Fsp3) is 0.850. The van der Waals surface area contributed by atoms with Crippen molar-refractivity contribution in [2.75, 3.05) is 19.8 Å². The van der Waals surface area contributed by atoms with E-state index in [2.05, 4.69) is 21.2 Å². The van der Waals surface area contributed by atoms with E-state index in [9.17, 15) is 19.5 Å². The van der Waals surface area contributed by atoms with Gasteiger partial charge in [0.05, 0.1) is 24.5 Å². The fourth-order valence-corrected chi connectivity index (χ4v) is 6.19. The van der Waals surface area contributed by atoms with Gasteiger partial charge in [-0.1, -0.05) is 29.3 Å². The molecule has 0 aliphatic carbocycles. The number of hydrogen-bond acceptors (Lipinski definition) is 6. The molecule has 2 unspecified atom stereocenters. The zero-order valence-electron chi connectivity index (χ0n) is 17.2. The second-order valence-corrected chi connectivity index (χ2v) is 9.40. The molecule has 2 amide bonds. The van der Waals surface area contributed by atoms with Crippen LogP contribution in [0.5, 0.6) is 0 Å². The number of hydrogen-bond donors (Lipinski definition) is 2. The molecule has 2 N–H and O–H groups in total. The van der Waals surface area contributed by atoms with Crippen LogP contribution >= 0.6 is 15.9 Å². The van der Waals surface area contributed by atoms with Crippen LogP contribution in [0.3, 0.4) is 0 Å². The number of nitrogens with zero attached hydrogens (tertiary/aromatic N) is 1. The molecule has 0 aromatic carbocycles. The first-order chi connectivity index (χ1) is 13.8. The summed E-state index contributed by atoms with van der Waals surface area (Å²) in [7, 11) is 0. The fourth-order valence-electron chi connectivity index (χ4n) is 5.25. The summed E-state index contributed by atoms with van der Waals surface area (Å²) in [5.41, 5.74) is -1.06. The Morgan fingerprint density at radius 1 is 1.45 bits per heavy atom. The number of alkyl halides is 1. The van der Waals surface area contributed by atoms with Crippen molar-refractivity contribution in [3.63, 3.8) is 0 Å². The Morgan fingerprint density at radius 3 is 2.79 bits per heavy atom. The molecule has 0 aromatic heterocycles. The first kappa shape index (κ1) is 22.5. The molecule has 3 aliphatic rings. The molecule has 7 atom stereocenters. The maximum absolute atomic E-state index is 13.4. The Hall–Kier alpha value is -1.19. The maximum Gasteiger partial charge on any atom is 0.312 e. The molecule has 164 valence electrons. The number of fused-ring (bicyclic) bond motifs is 1. The summed E-state index contributed by atoms with van der Waals surface area (Å²) >= 11 is 3.60. The Balaban J connectivity index is 1.96. The highest BCUT2D eigenvalue weighted by molar-refractivity contribution is 9.09. The zero-order chi connectivity index (χ0) is 21.3. The van der Waals surface area contributed by atoms with E-state index >= 15 is 0 Å². The van der Waals surface area contributed by atoms with Crippen molar-refractivity contribution in [3.05, 3.63) is 0 Å². The maximum atomic E-state index is 13.4. The van der Waals surface area contributed by atoms with E-state index in [1.165, 1.54) is 4.90 Å². The van der Waals surface area contributed by atoms with Crippen molar-refractivity contribution in [2.24, 2.45) is 11.8 Å². The van der Waals surface area contributed by atoms with Crippen LogP contribution in [0.25, 0.3) is 0 Å². The molecule has 0 saturated carbocycles. The summed E-state index contributed by atoms with van der Waals surface area (Å²) in [6.07, 6.45) is 2.09. The van der Waals surface area contributed by atoms with Crippen LogP contribution in [-0.4, -0.2) is 76.2 Å². The largest absolute Gasteiger partial charge is 0.466 e. The minimum Gasteiger partial charge on any atom is -0.466 e. The number of aliphatic hydroxyl groups is 1. The van der Waals surface area contributed by atoms with Crippen LogP contribution in [0, 0.1) is 11.8 Å². The predicted octanol–water partition coefficient (Wildman–Crippen LogP) is 0.985. The molecule has 0 aromatic rings. The number of nitrogens with one attached hydrogen (secondary N) is 1. The highest BCUT2D eigenvalue weighted by atomic mass is 79.9. The molecule has 3 heterocycles. The second-order valence-electron chi connectivity index (χ2n) is 8.22. The molecule has 3 fully saturated rings. The smallest absolute Gasteiger partial charge is 0.312 e. The molecule has 1 spiro atoms. The summed E-state index contributed by atoms with van der Waals surface area (Å²) in [6.45, 7) is 6.08. The van der Waals surface area contributed by atoms with Crippen LogP contribution in [0.1, 0.15) is 46.5 Å². The van der Waals surface area contributed by atoms with E-state index in [0.29, 0.717) is 12.8 Å². The van der Waals surface area contributed by atoms with Gasteiger partial charge in [-0.2, -0.15) is 0 Å². The van der Waals surface area contributed by atoms with Crippen LogP contribution in [0.2, 0.25) is 0 Å². The van der Waals surface area contributed by atoms with Gasteiger partial charge in [0, 0.05) is 24.0 Å². The lowest BCUT2D eigenvalue weighted by atomic mass is 9.70. The first-order valence-electron chi connectivity index (χ1n) is 10.5. The van der Waals surface area contributed by atoms with Crippen molar-refractivity contribution in [3.8, 4) is 0 Å². The van der Waals surface area contributed by atoms with Gasteiger partial charge in [0.15, 0.2) is 0 Å². The third-order valence-electron chi connectivity index (χ3n) is 6.26. The van der Waals surface area contributed by atoms with E-state index in [0.717, 1.165) is 12.8 Å². The number of aliphatic hydroxyl groups excluding tert-OH is 1. The van der Waals surface area contributed by atoms with E-state index in [1.807, 2.05) is 13.8 Å². The average molecular weight is 475 g/mol. The summed E-state index contributed by atoms with van der Waals surface area (Å²) in [5, 5.41) is 12.3. The zero-order valence-corrected chi connectivity index (χ0v) is 18.8.